The number of hydrogen-bond donors (Lipinski definition) is 2. The molecule has 3 rings (SSSR count). The predicted molar refractivity (Wildman–Crippen MR) is 126 cm³/mol. The molecule has 0 saturated carbocycles. The number of aromatic nitrogens is 3. The van der Waals surface area contributed by atoms with E-state index in [4.69, 9.17) is 4.74 Å². The lowest BCUT2D eigenvalue weighted by Gasteiger charge is -2.11. The highest BCUT2D eigenvalue weighted by molar-refractivity contribution is 7.99. The molecule has 0 saturated heterocycles. The smallest absolute Gasteiger partial charge is 0.234 e. The first-order valence-corrected chi connectivity index (χ1v) is 11.4. The van der Waals surface area contributed by atoms with Crippen molar-refractivity contribution in [3.05, 3.63) is 59.9 Å². The van der Waals surface area contributed by atoms with E-state index in [9.17, 15) is 9.59 Å². The zero-order valence-corrected chi connectivity index (χ0v) is 19.2. The van der Waals surface area contributed by atoms with Crippen LogP contribution in [0.4, 0.5) is 11.4 Å². The van der Waals surface area contributed by atoms with Gasteiger partial charge in [-0.3, -0.25) is 9.59 Å². The van der Waals surface area contributed by atoms with Crippen LogP contribution in [0.1, 0.15) is 25.2 Å². The normalized spacial score (nSPS) is 10.6. The number of aryl methyl sites for hydroxylation is 1. The topological polar surface area (TPSA) is 98.1 Å². The van der Waals surface area contributed by atoms with Gasteiger partial charge in [0.25, 0.3) is 0 Å². The van der Waals surface area contributed by atoms with Crippen LogP contribution in [0.2, 0.25) is 0 Å². The number of amides is 2. The molecule has 0 unspecified atom stereocenters. The second kappa shape index (κ2) is 11.3. The van der Waals surface area contributed by atoms with Crippen molar-refractivity contribution in [1.82, 2.24) is 14.8 Å². The van der Waals surface area contributed by atoms with Crippen molar-refractivity contribution in [1.29, 1.82) is 0 Å². The molecule has 0 aliphatic rings. The van der Waals surface area contributed by atoms with Gasteiger partial charge in [0.05, 0.1) is 25.0 Å². The first kappa shape index (κ1) is 23.3. The highest BCUT2D eigenvalue weighted by atomic mass is 32.2. The van der Waals surface area contributed by atoms with Gasteiger partial charge in [0, 0.05) is 12.2 Å². The first-order chi connectivity index (χ1) is 15.5. The lowest BCUT2D eigenvalue weighted by atomic mass is 10.1. The van der Waals surface area contributed by atoms with E-state index in [1.807, 2.05) is 54.8 Å². The van der Waals surface area contributed by atoms with Gasteiger partial charge >= 0.3 is 0 Å². The van der Waals surface area contributed by atoms with Crippen molar-refractivity contribution in [2.45, 2.75) is 38.4 Å². The monoisotopic (exact) mass is 453 g/mol. The molecule has 0 radical (unpaired) electrons. The van der Waals surface area contributed by atoms with Crippen molar-refractivity contribution in [3.63, 3.8) is 0 Å². The Morgan fingerprint density at radius 2 is 1.66 bits per heavy atom. The van der Waals surface area contributed by atoms with Crippen LogP contribution in [-0.2, 0) is 29.0 Å². The fraction of sp³-hybridized carbons (Fsp3) is 0.304. The summed E-state index contributed by atoms with van der Waals surface area (Å²) in [4.78, 5) is 25.0. The fourth-order valence-corrected chi connectivity index (χ4v) is 4.05. The van der Waals surface area contributed by atoms with Gasteiger partial charge in [-0.15, -0.1) is 10.2 Å². The van der Waals surface area contributed by atoms with Gasteiger partial charge in [0.15, 0.2) is 5.16 Å². The van der Waals surface area contributed by atoms with Crippen LogP contribution in [0, 0.1) is 0 Å². The Morgan fingerprint density at radius 3 is 2.38 bits per heavy atom. The van der Waals surface area contributed by atoms with Gasteiger partial charge < -0.3 is 19.9 Å². The van der Waals surface area contributed by atoms with E-state index in [0.717, 1.165) is 17.7 Å². The number of hydrogen-bond acceptors (Lipinski definition) is 6. The summed E-state index contributed by atoms with van der Waals surface area (Å²) in [7, 11) is 1.56. The summed E-state index contributed by atoms with van der Waals surface area (Å²) in [6.45, 7) is 4.60. The van der Waals surface area contributed by atoms with Crippen LogP contribution in [0.25, 0.3) is 0 Å². The maximum absolute atomic E-state index is 12.6. The van der Waals surface area contributed by atoms with E-state index in [1.165, 1.54) is 11.8 Å². The molecule has 0 spiro atoms. The first-order valence-electron chi connectivity index (χ1n) is 10.4. The molecule has 32 heavy (non-hydrogen) atoms. The molecule has 0 atom stereocenters. The molecule has 2 N–H and O–H groups in total. The number of nitrogens with one attached hydrogen (secondary N) is 2. The van der Waals surface area contributed by atoms with Crippen LogP contribution < -0.4 is 15.4 Å². The lowest BCUT2D eigenvalue weighted by Crippen LogP contribution is -2.18. The van der Waals surface area contributed by atoms with Crippen LogP contribution in [0.15, 0.2) is 53.7 Å². The van der Waals surface area contributed by atoms with E-state index < -0.39 is 0 Å². The molecule has 2 aromatic carbocycles. The summed E-state index contributed by atoms with van der Waals surface area (Å²) < 4.78 is 7.11. The van der Waals surface area contributed by atoms with Crippen molar-refractivity contribution >= 4 is 35.0 Å². The van der Waals surface area contributed by atoms with Crippen LogP contribution in [-0.4, -0.2) is 39.4 Å². The molecule has 168 valence electrons. The number of benzene rings is 2. The molecule has 0 bridgehead atoms. The number of carbonyl (C=O) groups excluding carboxylic acids is 2. The fourth-order valence-electron chi connectivity index (χ4n) is 3.23. The Labute approximate surface area is 191 Å². The number of thioether (sulfide) groups is 1. The maximum Gasteiger partial charge on any atom is 0.234 e. The quantitative estimate of drug-likeness (QED) is 0.454. The summed E-state index contributed by atoms with van der Waals surface area (Å²) in [5, 5.41) is 14.8. The summed E-state index contributed by atoms with van der Waals surface area (Å²) in [6, 6.07) is 15.0. The molecule has 3 aromatic rings. The van der Waals surface area contributed by atoms with Crippen molar-refractivity contribution in [2.24, 2.45) is 0 Å². The molecule has 1 heterocycles. The molecule has 1 aromatic heterocycles. The number of methoxy groups -OCH3 is 1. The molecule has 0 aliphatic heterocycles. The number of para-hydroxylation sites is 3. The zero-order chi connectivity index (χ0) is 22.9. The number of nitrogens with zero attached hydrogens (tertiary/aromatic N) is 3. The Bertz CT molecular complexity index is 1080. The van der Waals surface area contributed by atoms with Crippen LogP contribution in [0.5, 0.6) is 5.75 Å². The van der Waals surface area contributed by atoms with E-state index in [2.05, 4.69) is 20.8 Å². The Morgan fingerprint density at radius 1 is 0.969 bits per heavy atom. The lowest BCUT2D eigenvalue weighted by molar-refractivity contribution is -0.116. The second-order valence-corrected chi connectivity index (χ2v) is 7.86. The third-order valence-corrected chi connectivity index (χ3v) is 5.78. The molecule has 9 heteroatoms. The van der Waals surface area contributed by atoms with Crippen molar-refractivity contribution in [2.75, 3.05) is 23.5 Å². The maximum atomic E-state index is 12.6. The number of carbonyl (C=O) groups is 2. The minimum Gasteiger partial charge on any atom is -0.495 e. The van der Waals surface area contributed by atoms with Gasteiger partial charge in [-0.05, 0) is 37.1 Å². The van der Waals surface area contributed by atoms with Crippen LogP contribution in [0.3, 0.4) is 0 Å². The summed E-state index contributed by atoms with van der Waals surface area (Å²) in [5.41, 5.74) is 2.50. The SMILES string of the molecule is CCc1ccccc1NC(=O)Cc1nnc(SCC(=O)Nc2ccccc2OC)n1CC. The zero-order valence-electron chi connectivity index (χ0n) is 18.4. The summed E-state index contributed by atoms with van der Waals surface area (Å²) in [6.07, 6.45) is 0.937. The summed E-state index contributed by atoms with van der Waals surface area (Å²) in [5.74, 6) is 0.984. The molecule has 0 fully saturated rings. The predicted octanol–water partition coefficient (Wildman–Crippen LogP) is 3.78. The highest BCUT2D eigenvalue weighted by Crippen LogP contribution is 2.24. The minimum absolute atomic E-state index is 0.104. The van der Waals surface area contributed by atoms with Crippen molar-refractivity contribution < 1.29 is 14.3 Å². The average molecular weight is 454 g/mol. The average Bonchev–Trinajstić information content (AvgIpc) is 3.19. The van der Waals surface area contributed by atoms with E-state index in [1.54, 1.807) is 19.2 Å². The van der Waals surface area contributed by atoms with Crippen LogP contribution >= 0.6 is 11.8 Å². The van der Waals surface area contributed by atoms with Crippen molar-refractivity contribution in [3.8, 4) is 5.75 Å². The molecule has 8 nitrogen and oxygen atoms in total. The number of rotatable bonds is 10. The van der Waals surface area contributed by atoms with E-state index >= 15 is 0 Å². The molecule has 2 amide bonds. The van der Waals surface area contributed by atoms with E-state index in [-0.39, 0.29) is 24.0 Å². The second-order valence-electron chi connectivity index (χ2n) is 6.92. The van der Waals surface area contributed by atoms with Gasteiger partial charge in [-0.25, -0.2) is 0 Å². The third kappa shape index (κ3) is 5.88. The number of ether oxygens (including phenoxy) is 1. The summed E-state index contributed by atoms with van der Waals surface area (Å²) >= 11 is 1.28. The Kier molecular flexibility index (Phi) is 8.27. The third-order valence-electron chi connectivity index (χ3n) is 4.81. The highest BCUT2D eigenvalue weighted by Gasteiger charge is 2.17. The Balaban J connectivity index is 1.60. The largest absolute Gasteiger partial charge is 0.495 e. The molecular weight excluding hydrogens is 426 g/mol. The molecule has 0 aliphatic carbocycles. The Hall–Kier alpha value is -3.33. The van der Waals surface area contributed by atoms with E-state index in [0.29, 0.717) is 29.0 Å². The van der Waals surface area contributed by atoms with Gasteiger partial charge in [0.2, 0.25) is 11.8 Å². The van der Waals surface area contributed by atoms with Gasteiger partial charge in [0.1, 0.15) is 11.6 Å². The standard InChI is InChI=1S/C23H27N5O3S/c1-4-16-10-6-7-11-17(16)24-21(29)14-20-26-27-23(28(20)5-2)32-15-22(30)25-18-12-8-9-13-19(18)31-3/h6-13H,4-5,14-15H2,1-3H3,(H,24,29)(H,25,30). The minimum atomic E-state index is -0.180. The van der Waals surface area contributed by atoms with Gasteiger partial charge in [-0.1, -0.05) is 49.0 Å². The number of anilines is 2. The van der Waals surface area contributed by atoms with Gasteiger partial charge in [-0.2, -0.15) is 0 Å². The molecular formula is C23H27N5O3S.